The summed E-state index contributed by atoms with van der Waals surface area (Å²) >= 11 is 3.08. The minimum absolute atomic E-state index is 0.0902. The lowest BCUT2D eigenvalue weighted by molar-refractivity contribution is 0.174. The zero-order valence-corrected chi connectivity index (χ0v) is 12.9. The van der Waals surface area contributed by atoms with Crippen LogP contribution in [-0.2, 0) is 10.0 Å². The van der Waals surface area contributed by atoms with Gasteiger partial charge in [0.1, 0.15) is 10.7 Å². The Labute approximate surface area is 128 Å². The Morgan fingerprint density at radius 1 is 1.10 bits per heavy atom. The second-order valence-corrected chi connectivity index (χ2v) is 6.81. The molecule has 0 bridgehead atoms. The molecule has 21 heavy (non-hydrogen) atoms. The minimum atomic E-state index is -4.02. The van der Waals surface area contributed by atoms with Crippen molar-refractivity contribution in [1.29, 1.82) is 0 Å². The Balaban J connectivity index is 1.92. The monoisotopic (exact) mass is 373 g/mol. The van der Waals surface area contributed by atoms with E-state index < -0.39 is 20.7 Å². The zero-order valence-electron chi connectivity index (χ0n) is 10.5. The molecule has 2 aromatic carbocycles. The van der Waals surface area contributed by atoms with Crippen molar-refractivity contribution in [2.24, 2.45) is 0 Å². The molecule has 5 nitrogen and oxygen atoms in total. The van der Waals surface area contributed by atoms with Gasteiger partial charge >= 0.3 is 0 Å². The Hall–Kier alpha value is -1.80. The largest absolute Gasteiger partial charge is 0.454 e. The molecule has 1 heterocycles. The fourth-order valence-corrected chi connectivity index (χ4v) is 3.31. The molecule has 3 rings (SSSR count). The first-order valence-corrected chi connectivity index (χ1v) is 8.11. The number of benzene rings is 2. The maximum Gasteiger partial charge on any atom is 0.264 e. The summed E-state index contributed by atoms with van der Waals surface area (Å²) in [6.45, 7) is 0.0902. The second-order valence-electron chi connectivity index (χ2n) is 4.25. The van der Waals surface area contributed by atoms with Crippen LogP contribution in [0.4, 0.5) is 10.1 Å². The van der Waals surface area contributed by atoms with Crippen LogP contribution in [0.1, 0.15) is 0 Å². The third kappa shape index (κ3) is 2.81. The van der Waals surface area contributed by atoms with Crippen LogP contribution in [0.3, 0.4) is 0 Å². The highest BCUT2D eigenvalue weighted by atomic mass is 79.9. The van der Waals surface area contributed by atoms with Crippen LogP contribution < -0.4 is 14.2 Å². The molecule has 0 atom stereocenters. The summed E-state index contributed by atoms with van der Waals surface area (Å²) in [5.74, 6) is 0.136. The van der Waals surface area contributed by atoms with Gasteiger partial charge in [-0.05, 0) is 30.3 Å². The van der Waals surface area contributed by atoms with Crippen molar-refractivity contribution in [3.63, 3.8) is 0 Å². The Morgan fingerprint density at radius 3 is 2.62 bits per heavy atom. The number of ether oxygens (including phenoxy) is 2. The number of nitrogens with one attached hydrogen (secondary N) is 1. The zero-order chi connectivity index (χ0) is 15.0. The fraction of sp³-hybridized carbons (Fsp3) is 0.0769. The summed E-state index contributed by atoms with van der Waals surface area (Å²) in [6, 6.07) is 8.32. The van der Waals surface area contributed by atoms with Crippen molar-refractivity contribution < 1.29 is 22.3 Å². The number of anilines is 1. The molecule has 1 aliphatic rings. The molecule has 0 radical (unpaired) electrons. The topological polar surface area (TPSA) is 64.6 Å². The van der Waals surface area contributed by atoms with E-state index in [0.717, 1.165) is 6.07 Å². The molecule has 8 heteroatoms. The van der Waals surface area contributed by atoms with E-state index in [2.05, 4.69) is 20.7 Å². The van der Waals surface area contributed by atoms with Crippen LogP contribution in [0, 0.1) is 5.82 Å². The van der Waals surface area contributed by atoms with E-state index in [0.29, 0.717) is 16.0 Å². The lowest BCUT2D eigenvalue weighted by Gasteiger charge is -2.09. The maximum absolute atomic E-state index is 13.8. The van der Waals surface area contributed by atoms with E-state index in [4.69, 9.17) is 9.47 Å². The van der Waals surface area contributed by atoms with Crippen LogP contribution in [0.15, 0.2) is 45.8 Å². The molecular weight excluding hydrogens is 365 g/mol. The Kier molecular flexibility index (Phi) is 3.50. The lowest BCUT2D eigenvalue weighted by atomic mass is 10.3. The van der Waals surface area contributed by atoms with Crippen molar-refractivity contribution in [2.45, 2.75) is 4.90 Å². The quantitative estimate of drug-likeness (QED) is 0.897. The highest BCUT2D eigenvalue weighted by molar-refractivity contribution is 9.10. The van der Waals surface area contributed by atoms with Gasteiger partial charge in [0.25, 0.3) is 10.0 Å². The average Bonchev–Trinajstić information content (AvgIpc) is 2.85. The predicted molar refractivity (Wildman–Crippen MR) is 77.5 cm³/mol. The van der Waals surface area contributed by atoms with E-state index in [1.54, 1.807) is 6.07 Å². The summed E-state index contributed by atoms with van der Waals surface area (Å²) in [6.07, 6.45) is 0. The first-order chi connectivity index (χ1) is 9.95. The van der Waals surface area contributed by atoms with Crippen LogP contribution in [0.25, 0.3) is 0 Å². The Morgan fingerprint density at radius 2 is 1.86 bits per heavy atom. The van der Waals surface area contributed by atoms with Crippen molar-refractivity contribution in [1.82, 2.24) is 0 Å². The van der Waals surface area contributed by atoms with Gasteiger partial charge in [0.15, 0.2) is 11.5 Å². The normalized spacial score (nSPS) is 13.2. The van der Waals surface area contributed by atoms with Crippen LogP contribution in [-0.4, -0.2) is 15.2 Å². The molecule has 0 saturated carbocycles. The number of fused-ring (bicyclic) bond motifs is 1. The number of rotatable bonds is 3. The van der Waals surface area contributed by atoms with Gasteiger partial charge in [0.05, 0.1) is 5.69 Å². The predicted octanol–water partition coefficient (Wildman–Crippen LogP) is 3.12. The van der Waals surface area contributed by atoms with E-state index in [1.807, 2.05) is 0 Å². The van der Waals surface area contributed by atoms with Crippen LogP contribution >= 0.6 is 15.9 Å². The number of sulfonamides is 1. The van der Waals surface area contributed by atoms with Gasteiger partial charge in [-0.3, -0.25) is 4.72 Å². The molecule has 0 aliphatic carbocycles. The second kappa shape index (κ2) is 5.19. The first-order valence-electron chi connectivity index (χ1n) is 5.83. The van der Waals surface area contributed by atoms with Gasteiger partial charge < -0.3 is 9.47 Å². The standard InChI is InChI=1S/C13H9BrFNO4S/c14-8-1-4-13(10(15)5-8)21(17,18)16-9-2-3-11-12(6-9)20-7-19-11/h1-6,16H,7H2. The summed E-state index contributed by atoms with van der Waals surface area (Å²) < 4.78 is 51.2. The van der Waals surface area contributed by atoms with Gasteiger partial charge in [-0.15, -0.1) is 0 Å². The van der Waals surface area contributed by atoms with Gasteiger partial charge in [-0.25, -0.2) is 12.8 Å². The van der Waals surface area contributed by atoms with E-state index >= 15 is 0 Å². The third-order valence-corrected chi connectivity index (χ3v) is 4.72. The Bertz CT molecular complexity index is 810. The van der Waals surface area contributed by atoms with Crippen molar-refractivity contribution in [3.8, 4) is 11.5 Å². The van der Waals surface area contributed by atoms with E-state index in [1.165, 1.54) is 24.3 Å². The van der Waals surface area contributed by atoms with Gasteiger partial charge in [-0.2, -0.15) is 0 Å². The molecule has 0 amide bonds. The van der Waals surface area contributed by atoms with Crippen molar-refractivity contribution in [3.05, 3.63) is 46.7 Å². The molecule has 0 spiro atoms. The van der Waals surface area contributed by atoms with Crippen LogP contribution in [0.5, 0.6) is 11.5 Å². The van der Waals surface area contributed by atoms with Crippen molar-refractivity contribution in [2.75, 3.05) is 11.5 Å². The molecule has 0 fully saturated rings. The summed E-state index contributed by atoms with van der Waals surface area (Å²) in [4.78, 5) is -0.427. The molecule has 0 saturated heterocycles. The van der Waals surface area contributed by atoms with Gasteiger partial charge in [0.2, 0.25) is 6.79 Å². The molecule has 1 N–H and O–H groups in total. The number of halogens is 2. The van der Waals surface area contributed by atoms with Gasteiger partial charge in [-0.1, -0.05) is 15.9 Å². The molecule has 2 aromatic rings. The number of hydrogen-bond acceptors (Lipinski definition) is 4. The van der Waals surface area contributed by atoms with Crippen LogP contribution in [0.2, 0.25) is 0 Å². The fourth-order valence-electron chi connectivity index (χ4n) is 1.86. The van der Waals surface area contributed by atoms with Gasteiger partial charge in [0, 0.05) is 10.5 Å². The molecule has 1 aliphatic heterocycles. The maximum atomic E-state index is 13.8. The average molecular weight is 374 g/mol. The summed E-state index contributed by atoms with van der Waals surface area (Å²) in [7, 11) is -4.02. The lowest BCUT2D eigenvalue weighted by Crippen LogP contribution is -2.14. The minimum Gasteiger partial charge on any atom is -0.454 e. The highest BCUT2D eigenvalue weighted by Gasteiger charge is 2.21. The molecule has 110 valence electrons. The third-order valence-electron chi connectivity index (χ3n) is 2.81. The molecule has 0 aromatic heterocycles. The van der Waals surface area contributed by atoms with E-state index in [-0.39, 0.29) is 12.5 Å². The first kappa shape index (κ1) is 14.2. The number of hydrogen-bond donors (Lipinski definition) is 1. The summed E-state index contributed by atoms with van der Waals surface area (Å²) in [5.41, 5.74) is 0.265. The highest BCUT2D eigenvalue weighted by Crippen LogP contribution is 2.35. The van der Waals surface area contributed by atoms with Crippen molar-refractivity contribution >= 4 is 31.6 Å². The molecule has 0 unspecified atom stereocenters. The summed E-state index contributed by atoms with van der Waals surface area (Å²) in [5, 5.41) is 0. The smallest absolute Gasteiger partial charge is 0.264 e. The van der Waals surface area contributed by atoms with E-state index in [9.17, 15) is 12.8 Å². The SMILES string of the molecule is O=S(=O)(Nc1ccc2c(c1)OCO2)c1ccc(Br)cc1F. The molecular formula is C13H9BrFNO4S.